The van der Waals surface area contributed by atoms with Crippen molar-refractivity contribution in [2.24, 2.45) is 7.05 Å². The number of alkyl halides is 3. The van der Waals surface area contributed by atoms with Crippen molar-refractivity contribution in [2.45, 2.75) is 10.4 Å². The first kappa shape index (κ1) is 14.4. The Morgan fingerprint density at radius 3 is 2.42 bits per heavy atom. The van der Waals surface area contributed by atoms with Gasteiger partial charge in [-0.1, -0.05) is 0 Å². The van der Waals surface area contributed by atoms with E-state index in [0.29, 0.717) is 9.56 Å². The third-order valence-corrected chi connectivity index (χ3v) is 5.44. The normalized spacial score (nSPS) is 12.9. The van der Waals surface area contributed by atoms with E-state index in [-0.39, 0.29) is 9.90 Å². The van der Waals surface area contributed by atoms with Crippen LogP contribution in [-0.2, 0) is 22.3 Å². The van der Waals surface area contributed by atoms with E-state index in [1.165, 1.54) is 19.2 Å². The van der Waals surface area contributed by atoms with Crippen LogP contribution in [0.25, 0.3) is 10.6 Å². The van der Waals surface area contributed by atoms with Crippen LogP contribution in [0.1, 0.15) is 5.69 Å². The lowest BCUT2D eigenvalue weighted by atomic mass is 10.3. The molecule has 0 fully saturated rings. The Balaban J connectivity index is 2.47. The summed E-state index contributed by atoms with van der Waals surface area (Å²) >= 11 is 0.762. The first-order chi connectivity index (χ1) is 8.59. The van der Waals surface area contributed by atoms with Crippen LogP contribution in [0.15, 0.2) is 22.4 Å². The topological polar surface area (TPSA) is 52.0 Å². The smallest absolute Gasteiger partial charge is 0.263 e. The van der Waals surface area contributed by atoms with E-state index >= 15 is 0 Å². The average Bonchev–Trinajstić information content (AvgIpc) is 2.79. The summed E-state index contributed by atoms with van der Waals surface area (Å²) in [6, 6.07) is 3.45. The molecule has 0 aliphatic carbocycles. The first-order valence-electron chi connectivity index (χ1n) is 4.75. The van der Waals surface area contributed by atoms with Crippen molar-refractivity contribution in [3.63, 3.8) is 0 Å². The largest absolute Gasteiger partial charge is 0.433 e. The zero-order valence-corrected chi connectivity index (χ0v) is 11.7. The molecule has 10 heteroatoms. The molecule has 0 N–H and O–H groups in total. The summed E-state index contributed by atoms with van der Waals surface area (Å²) < 4.78 is 60.5. The van der Waals surface area contributed by atoms with Gasteiger partial charge in [-0.05, 0) is 18.2 Å². The van der Waals surface area contributed by atoms with Crippen LogP contribution in [0.2, 0.25) is 0 Å². The fourth-order valence-corrected chi connectivity index (χ4v) is 3.47. The zero-order valence-electron chi connectivity index (χ0n) is 9.27. The molecule has 2 aromatic rings. The van der Waals surface area contributed by atoms with Gasteiger partial charge in [-0.2, -0.15) is 18.3 Å². The maximum Gasteiger partial charge on any atom is 0.433 e. The standard InChI is InChI=1S/C9H6ClF3N2O2S2/c1-15-7(9(11,12)13)4-5(14-15)6-2-3-8(18-6)19(10,16)17/h2-4H,1H3. The van der Waals surface area contributed by atoms with Gasteiger partial charge in [0.05, 0.1) is 4.88 Å². The maximum absolute atomic E-state index is 12.6. The Kier molecular flexibility index (Phi) is 3.40. The summed E-state index contributed by atoms with van der Waals surface area (Å²) in [5, 5.41) is 3.71. The van der Waals surface area contributed by atoms with E-state index in [0.717, 1.165) is 17.4 Å². The molecule has 4 nitrogen and oxygen atoms in total. The lowest BCUT2D eigenvalue weighted by Crippen LogP contribution is -2.11. The summed E-state index contributed by atoms with van der Waals surface area (Å²) in [4.78, 5) is 0.297. The van der Waals surface area contributed by atoms with Gasteiger partial charge in [-0.3, -0.25) is 4.68 Å². The fraction of sp³-hybridized carbons (Fsp3) is 0.222. The van der Waals surface area contributed by atoms with Gasteiger partial charge in [0.1, 0.15) is 15.6 Å². The Bertz CT molecular complexity index is 718. The Labute approximate surface area is 114 Å². The van der Waals surface area contributed by atoms with Crippen LogP contribution in [0, 0.1) is 0 Å². The van der Waals surface area contributed by atoms with E-state index in [4.69, 9.17) is 10.7 Å². The van der Waals surface area contributed by atoms with Crippen LogP contribution in [0.3, 0.4) is 0 Å². The molecule has 0 spiro atoms. The lowest BCUT2D eigenvalue weighted by molar-refractivity contribution is -0.143. The van der Waals surface area contributed by atoms with Crippen molar-refractivity contribution in [3.05, 3.63) is 23.9 Å². The molecule has 2 aromatic heterocycles. The van der Waals surface area contributed by atoms with Crippen molar-refractivity contribution in [2.75, 3.05) is 0 Å². The number of nitrogens with zero attached hydrogens (tertiary/aromatic N) is 2. The summed E-state index contributed by atoms with van der Waals surface area (Å²) in [7, 11) is 2.42. The van der Waals surface area contributed by atoms with Crippen LogP contribution in [-0.4, -0.2) is 18.2 Å². The fourth-order valence-electron chi connectivity index (χ4n) is 1.44. The van der Waals surface area contributed by atoms with Crippen molar-refractivity contribution >= 4 is 31.1 Å². The average molecular weight is 331 g/mol. The summed E-state index contributed by atoms with van der Waals surface area (Å²) in [5.41, 5.74) is -0.863. The van der Waals surface area contributed by atoms with Crippen molar-refractivity contribution in [1.29, 1.82) is 0 Å². The van der Waals surface area contributed by atoms with Crippen molar-refractivity contribution < 1.29 is 21.6 Å². The molecule has 0 unspecified atom stereocenters. The highest BCUT2D eigenvalue weighted by molar-refractivity contribution is 8.15. The molecule has 0 saturated carbocycles. The van der Waals surface area contributed by atoms with Crippen molar-refractivity contribution in [3.8, 4) is 10.6 Å². The van der Waals surface area contributed by atoms with E-state index in [9.17, 15) is 21.6 Å². The van der Waals surface area contributed by atoms with Crippen LogP contribution < -0.4 is 0 Å². The Morgan fingerprint density at radius 1 is 1.37 bits per heavy atom. The second-order valence-electron chi connectivity index (χ2n) is 3.59. The SMILES string of the molecule is Cn1nc(-c2ccc(S(=O)(=O)Cl)s2)cc1C(F)(F)F. The molecule has 2 rings (SSSR count). The summed E-state index contributed by atoms with van der Waals surface area (Å²) in [5.74, 6) is 0. The number of aromatic nitrogens is 2. The van der Waals surface area contributed by atoms with Crippen molar-refractivity contribution in [1.82, 2.24) is 9.78 Å². The predicted octanol–water partition coefficient (Wildman–Crippen LogP) is 3.09. The van der Waals surface area contributed by atoms with Gasteiger partial charge < -0.3 is 0 Å². The summed E-state index contributed by atoms with van der Waals surface area (Å²) in [6.45, 7) is 0. The number of rotatable bonds is 2. The van der Waals surface area contributed by atoms with Crippen LogP contribution in [0.4, 0.5) is 13.2 Å². The van der Waals surface area contributed by atoms with Gasteiger partial charge in [-0.25, -0.2) is 8.42 Å². The predicted molar refractivity (Wildman–Crippen MR) is 64.6 cm³/mol. The molecule has 0 aromatic carbocycles. The number of thiophene rings is 1. The highest BCUT2D eigenvalue weighted by Gasteiger charge is 2.35. The van der Waals surface area contributed by atoms with Crippen LogP contribution >= 0.6 is 22.0 Å². The van der Waals surface area contributed by atoms with E-state index < -0.39 is 20.9 Å². The number of halogens is 4. The first-order valence-corrected chi connectivity index (χ1v) is 7.88. The number of aryl methyl sites for hydroxylation is 1. The second kappa shape index (κ2) is 4.50. The monoisotopic (exact) mass is 330 g/mol. The lowest BCUT2D eigenvalue weighted by Gasteiger charge is -2.04. The molecule has 0 bridgehead atoms. The molecular formula is C9H6ClF3N2O2S2. The third kappa shape index (κ3) is 2.93. The molecule has 0 atom stereocenters. The minimum Gasteiger partial charge on any atom is -0.263 e. The van der Waals surface area contributed by atoms with Gasteiger partial charge >= 0.3 is 6.18 Å². The van der Waals surface area contributed by atoms with E-state index in [1.54, 1.807) is 0 Å². The molecule has 0 saturated heterocycles. The van der Waals surface area contributed by atoms with E-state index in [1.807, 2.05) is 0 Å². The quantitative estimate of drug-likeness (QED) is 0.795. The Morgan fingerprint density at radius 2 is 2.00 bits per heavy atom. The van der Waals surface area contributed by atoms with Crippen LogP contribution in [0.5, 0.6) is 0 Å². The minimum atomic E-state index is -4.52. The highest BCUT2D eigenvalue weighted by atomic mass is 35.7. The molecule has 0 amide bonds. The molecule has 0 aliphatic heterocycles. The van der Waals surface area contributed by atoms with E-state index in [2.05, 4.69) is 5.10 Å². The summed E-state index contributed by atoms with van der Waals surface area (Å²) in [6.07, 6.45) is -4.52. The number of hydrogen-bond acceptors (Lipinski definition) is 4. The van der Waals surface area contributed by atoms with Gasteiger partial charge in [0, 0.05) is 17.7 Å². The second-order valence-corrected chi connectivity index (χ2v) is 7.47. The molecule has 19 heavy (non-hydrogen) atoms. The highest BCUT2D eigenvalue weighted by Crippen LogP contribution is 2.35. The molecule has 104 valence electrons. The third-order valence-electron chi connectivity index (χ3n) is 2.24. The maximum atomic E-state index is 12.6. The zero-order chi connectivity index (χ0) is 14.4. The van der Waals surface area contributed by atoms with Gasteiger partial charge in [0.2, 0.25) is 0 Å². The van der Waals surface area contributed by atoms with Gasteiger partial charge in [0.15, 0.2) is 0 Å². The molecule has 0 radical (unpaired) electrons. The molecular weight excluding hydrogens is 325 g/mol. The number of hydrogen-bond donors (Lipinski definition) is 0. The molecule has 0 aliphatic rings. The Hall–Kier alpha value is -1.06. The molecule has 2 heterocycles. The van der Waals surface area contributed by atoms with Gasteiger partial charge in [0.25, 0.3) is 9.05 Å². The minimum absolute atomic E-state index is 0.0476. The van der Waals surface area contributed by atoms with Gasteiger partial charge in [-0.15, -0.1) is 11.3 Å².